The maximum atomic E-state index is 11.5. The van der Waals surface area contributed by atoms with Crippen molar-refractivity contribution in [3.63, 3.8) is 0 Å². The summed E-state index contributed by atoms with van der Waals surface area (Å²) in [5.41, 5.74) is 6.27. The van der Waals surface area contributed by atoms with Gasteiger partial charge in [0.2, 0.25) is 10.0 Å². The standard InChI is InChI=1S/C20H22N2O2S/c1-14-3-8-19(22-13-14)18-12-20(9-2-10-20)11-17(18)15-4-6-16(7-5-15)25(21,23)24/h3-8,13H,2,9-12H2,1H3,(H2,21,23,24). The second kappa shape index (κ2) is 5.78. The number of sulfonamides is 1. The van der Waals surface area contributed by atoms with Crippen molar-refractivity contribution in [1.82, 2.24) is 4.98 Å². The van der Waals surface area contributed by atoms with Crippen LogP contribution in [0.15, 0.2) is 47.5 Å². The zero-order chi connectivity index (χ0) is 17.7. The molecule has 2 aliphatic carbocycles. The van der Waals surface area contributed by atoms with Crippen molar-refractivity contribution in [2.45, 2.75) is 43.9 Å². The van der Waals surface area contributed by atoms with Gasteiger partial charge in [-0.1, -0.05) is 24.6 Å². The first-order valence-corrected chi connectivity index (χ1v) is 10.2. The highest BCUT2D eigenvalue weighted by molar-refractivity contribution is 7.89. The summed E-state index contributed by atoms with van der Waals surface area (Å²) >= 11 is 0. The molecule has 0 radical (unpaired) electrons. The average molecular weight is 354 g/mol. The Labute approximate surface area is 148 Å². The number of rotatable bonds is 3. The second-order valence-electron chi connectivity index (χ2n) is 7.45. The molecule has 4 rings (SSSR count). The van der Waals surface area contributed by atoms with Crippen molar-refractivity contribution >= 4 is 21.2 Å². The smallest absolute Gasteiger partial charge is 0.238 e. The molecule has 0 aliphatic heterocycles. The highest BCUT2D eigenvalue weighted by Crippen LogP contribution is 2.59. The molecule has 130 valence electrons. The molecule has 1 aromatic heterocycles. The molecule has 0 unspecified atom stereocenters. The highest BCUT2D eigenvalue weighted by atomic mass is 32.2. The van der Waals surface area contributed by atoms with E-state index in [1.54, 1.807) is 12.1 Å². The number of hydrogen-bond acceptors (Lipinski definition) is 3. The molecule has 1 spiro atoms. The Bertz CT molecular complexity index is 938. The van der Waals surface area contributed by atoms with Gasteiger partial charge in [0, 0.05) is 6.20 Å². The van der Waals surface area contributed by atoms with E-state index in [0.717, 1.165) is 29.7 Å². The van der Waals surface area contributed by atoms with Gasteiger partial charge in [-0.3, -0.25) is 4.98 Å². The molecule has 1 saturated carbocycles. The van der Waals surface area contributed by atoms with Crippen LogP contribution in [0.5, 0.6) is 0 Å². The van der Waals surface area contributed by atoms with E-state index in [4.69, 9.17) is 5.14 Å². The number of aromatic nitrogens is 1. The van der Waals surface area contributed by atoms with Crippen LogP contribution in [0.25, 0.3) is 11.1 Å². The summed E-state index contributed by atoms with van der Waals surface area (Å²) in [5.74, 6) is 0. The Hall–Kier alpha value is -1.98. The number of primary sulfonamides is 1. The van der Waals surface area contributed by atoms with E-state index in [1.165, 1.54) is 30.4 Å². The van der Waals surface area contributed by atoms with Crippen LogP contribution in [0, 0.1) is 12.3 Å². The van der Waals surface area contributed by atoms with Gasteiger partial charge < -0.3 is 0 Å². The lowest BCUT2D eigenvalue weighted by Gasteiger charge is -2.39. The Morgan fingerprint density at radius 3 is 2.20 bits per heavy atom. The third-order valence-electron chi connectivity index (χ3n) is 5.63. The predicted molar refractivity (Wildman–Crippen MR) is 99.1 cm³/mol. The highest BCUT2D eigenvalue weighted by Gasteiger charge is 2.44. The lowest BCUT2D eigenvalue weighted by Crippen LogP contribution is -2.26. The van der Waals surface area contributed by atoms with Gasteiger partial charge in [-0.2, -0.15) is 0 Å². The number of aryl methyl sites for hydroxylation is 1. The van der Waals surface area contributed by atoms with Crippen LogP contribution in [0.1, 0.15) is 48.9 Å². The second-order valence-corrected chi connectivity index (χ2v) is 9.02. The Kier molecular flexibility index (Phi) is 3.81. The fourth-order valence-corrected chi connectivity index (χ4v) is 4.59. The molecule has 0 atom stereocenters. The molecule has 4 nitrogen and oxygen atoms in total. The van der Waals surface area contributed by atoms with Gasteiger partial charge in [-0.25, -0.2) is 13.6 Å². The lowest BCUT2D eigenvalue weighted by molar-refractivity contribution is 0.157. The van der Waals surface area contributed by atoms with Crippen LogP contribution < -0.4 is 5.14 Å². The summed E-state index contributed by atoms with van der Waals surface area (Å²) in [6, 6.07) is 11.2. The molecule has 1 heterocycles. The molecule has 0 bridgehead atoms. The minimum Gasteiger partial charge on any atom is -0.256 e. The van der Waals surface area contributed by atoms with Crippen molar-refractivity contribution in [3.8, 4) is 0 Å². The van der Waals surface area contributed by atoms with Crippen molar-refractivity contribution in [2.75, 3.05) is 0 Å². The van der Waals surface area contributed by atoms with Crippen LogP contribution in [0.4, 0.5) is 0 Å². The Morgan fingerprint density at radius 1 is 1.00 bits per heavy atom. The van der Waals surface area contributed by atoms with E-state index in [-0.39, 0.29) is 4.90 Å². The maximum absolute atomic E-state index is 11.5. The number of pyridine rings is 1. The molecule has 2 aliphatic rings. The molecule has 0 saturated heterocycles. The van der Waals surface area contributed by atoms with Crippen molar-refractivity contribution in [2.24, 2.45) is 10.6 Å². The lowest BCUT2D eigenvalue weighted by atomic mass is 9.66. The third kappa shape index (κ3) is 3.02. The molecule has 5 heteroatoms. The van der Waals surface area contributed by atoms with Gasteiger partial charge in [-0.15, -0.1) is 0 Å². The van der Waals surface area contributed by atoms with E-state index in [9.17, 15) is 8.42 Å². The summed E-state index contributed by atoms with van der Waals surface area (Å²) in [7, 11) is -3.66. The van der Waals surface area contributed by atoms with Crippen molar-refractivity contribution < 1.29 is 8.42 Å². The largest absolute Gasteiger partial charge is 0.256 e. The Balaban J connectivity index is 1.77. The summed E-state index contributed by atoms with van der Waals surface area (Å²) < 4.78 is 23.0. The van der Waals surface area contributed by atoms with Crippen molar-refractivity contribution in [1.29, 1.82) is 0 Å². The fraction of sp³-hybridized carbons (Fsp3) is 0.350. The quantitative estimate of drug-likeness (QED) is 0.908. The van der Waals surface area contributed by atoms with E-state index >= 15 is 0 Å². The minimum atomic E-state index is -3.66. The normalized spacial score (nSPS) is 19.3. The van der Waals surface area contributed by atoms with E-state index in [2.05, 4.69) is 17.1 Å². The third-order valence-corrected chi connectivity index (χ3v) is 6.56. The van der Waals surface area contributed by atoms with E-state index in [1.807, 2.05) is 25.3 Å². The number of allylic oxidation sites excluding steroid dienone is 2. The van der Waals surface area contributed by atoms with Crippen LogP contribution in [-0.4, -0.2) is 13.4 Å². The first-order valence-electron chi connectivity index (χ1n) is 8.65. The molecular formula is C20H22N2O2S. The van der Waals surface area contributed by atoms with Gasteiger partial charge in [0.25, 0.3) is 0 Å². The average Bonchev–Trinajstić information content (AvgIpc) is 2.96. The summed E-state index contributed by atoms with van der Waals surface area (Å²) in [4.78, 5) is 4.80. The number of benzene rings is 1. The number of hydrogen-bond donors (Lipinski definition) is 1. The zero-order valence-corrected chi connectivity index (χ0v) is 15.1. The monoisotopic (exact) mass is 354 g/mol. The topological polar surface area (TPSA) is 73.1 Å². The van der Waals surface area contributed by atoms with Crippen LogP contribution >= 0.6 is 0 Å². The summed E-state index contributed by atoms with van der Waals surface area (Å²) in [6.45, 7) is 2.04. The van der Waals surface area contributed by atoms with Gasteiger partial charge in [0.15, 0.2) is 0 Å². The molecule has 2 aromatic rings. The molecule has 2 N–H and O–H groups in total. The predicted octanol–water partition coefficient (Wildman–Crippen LogP) is 3.91. The van der Waals surface area contributed by atoms with E-state index in [0.29, 0.717) is 5.41 Å². The minimum absolute atomic E-state index is 0.156. The molecule has 1 aromatic carbocycles. The van der Waals surface area contributed by atoms with E-state index < -0.39 is 10.0 Å². The van der Waals surface area contributed by atoms with Gasteiger partial charge in [0.05, 0.1) is 10.6 Å². The summed E-state index contributed by atoms with van der Waals surface area (Å²) in [5, 5.41) is 5.22. The van der Waals surface area contributed by atoms with Crippen LogP contribution in [-0.2, 0) is 10.0 Å². The first kappa shape index (κ1) is 16.5. The molecule has 0 amide bonds. The van der Waals surface area contributed by atoms with Crippen LogP contribution in [0.2, 0.25) is 0 Å². The van der Waals surface area contributed by atoms with Gasteiger partial charge >= 0.3 is 0 Å². The van der Waals surface area contributed by atoms with Crippen LogP contribution in [0.3, 0.4) is 0 Å². The maximum Gasteiger partial charge on any atom is 0.238 e. The SMILES string of the molecule is Cc1ccc(C2=C(c3ccc(S(N)(=O)=O)cc3)CC3(CCC3)C2)nc1. The van der Waals surface area contributed by atoms with Gasteiger partial charge in [0.1, 0.15) is 0 Å². The summed E-state index contributed by atoms with van der Waals surface area (Å²) in [6.07, 6.45) is 7.85. The molecule has 25 heavy (non-hydrogen) atoms. The Morgan fingerprint density at radius 2 is 1.68 bits per heavy atom. The van der Waals surface area contributed by atoms with Gasteiger partial charge in [-0.05, 0) is 78.5 Å². The number of nitrogens with zero attached hydrogens (tertiary/aromatic N) is 1. The molecule has 1 fully saturated rings. The van der Waals surface area contributed by atoms with Crippen molar-refractivity contribution in [3.05, 3.63) is 59.4 Å². The fourth-order valence-electron chi connectivity index (χ4n) is 4.07. The first-order chi connectivity index (χ1) is 11.9. The molecular weight excluding hydrogens is 332 g/mol. The zero-order valence-electron chi connectivity index (χ0n) is 14.3. The number of nitrogens with two attached hydrogens (primary N) is 1.